The maximum absolute atomic E-state index is 8.15. The molecule has 0 heterocycles. The van der Waals surface area contributed by atoms with E-state index in [9.17, 15) is 0 Å². The Labute approximate surface area is 104 Å². The van der Waals surface area contributed by atoms with Crippen molar-refractivity contribution in [2.45, 2.75) is 0 Å². The molecule has 0 aliphatic rings. The smallest absolute Gasteiger partial charge is 1.00 e. The standard InChI is InChI=1S/C4H11NO4.K.H/c6-1-3-8-5-9-4-2-7;;/h5-7H,1-4H2;;/q;+1;-1. The quantitative estimate of drug-likeness (QED) is 0.217. The average molecular weight is 177 g/mol. The molecule has 0 spiro atoms. The normalized spacial score (nSPS) is 9.00. The molecule has 0 radical (unpaired) electrons. The molecule has 0 saturated carbocycles. The van der Waals surface area contributed by atoms with Crippen LogP contribution in [0.3, 0.4) is 0 Å². The Morgan fingerprint density at radius 1 is 1.10 bits per heavy atom. The summed E-state index contributed by atoms with van der Waals surface area (Å²) in [6, 6.07) is 0. The molecule has 58 valence electrons. The van der Waals surface area contributed by atoms with Crippen LogP contribution in [0.15, 0.2) is 0 Å². The van der Waals surface area contributed by atoms with Crippen molar-refractivity contribution in [3.8, 4) is 0 Å². The van der Waals surface area contributed by atoms with Gasteiger partial charge in [-0.15, -0.1) is 0 Å². The van der Waals surface area contributed by atoms with Gasteiger partial charge in [0.25, 0.3) is 0 Å². The zero-order valence-corrected chi connectivity index (χ0v) is 9.16. The van der Waals surface area contributed by atoms with E-state index in [0.29, 0.717) is 0 Å². The second-order valence-corrected chi connectivity index (χ2v) is 1.23. The van der Waals surface area contributed by atoms with Crippen LogP contribution in [-0.4, -0.2) is 36.6 Å². The van der Waals surface area contributed by atoms with Gasteiger partial charge in [0.1, 0.15) is 0 Å². The molecule has 0 amide bonds. The summed E-state index contributed by atoms with van der Waals surface area (Å²) < 4.78 is 0. The first kappa shape index (κ1) is 14.0. The van der Waals surface area contributed by atoms with Gasteiger partial charge in [-0.05, 0) is 0 Å². The van der Waals surface area contributed by atoms with Gasteiger partial charge in [-0.25, -0.2) is 0 Å². The molecule has 0 aliphatic carbocycles. The van der Waals surface area contributed by atoms with Crippen LogP contribution in [0.5, 0.6) is 0 Å². The van der Waals surface area contributed by atoms with Crippen molar-refractivity contribution in [3.63, 3.8) is 0 Å². The Hall–Kier alpha value is 1.44. The van der Waals surface area contributed by atoms with Crippen LogP contribution in [0.1, 0.15) is 1.43 Å². The minimum atomic E-state index is -0.0600. The summed E-state index contributed by atoms with van der Waals surface area (Å²) in [5.41, 5.74) is 2.07. The summed E-state index contributed by atoms with van der Waals surface area (Å²) in [5, 5.41) is 16.3. The van der Waals surface area contributed by atoms with Crippen LogP contribution in [0.4, 0.5) is 0 Å². The second kappa shape index (κ2) is 13.1. The third-order valence-corrected chi connectivity index (χ3v) is 0.505. The van der Waals surface area contributed by atoms with E-state index in [4.69, 9.17) is 10.2 Å². The Morgan fingerprint density at radius 2 is 1.50 bits per heavy atom. The largest absolute Gasteiger partial charge is 1.00 e. The third-order valence-electron chi connectivity index (χ3n) is 0.505. The third kappa shape index (κ3) is 12.1. The van der Waals surface area contributed by atoms with Gasteiger partial charge in [0.2, 0.25) is 0 Å². The molecule has 0 aromatic heterocycles. The Balaban J connectivity index is -0.000000320. The van der Waals surface area contributed by atoms with Crippen molar-refractivity contribution < 1.29 is 72.7 Å². The van der Waals surface area contributed by atoms with Crippen LogP contribution in [-0.2, 0) is 9.68 Å². The first-order chi connectivity index (χ1) is 4.41. The molecule has 0 rings (SSSR count). The van der Waals surface area contributed by atoms with E-state index in [1.54, 1.807) is 0 Å². The molecule has 3 N–H and O–H groups in total. The van der Waals surface area contributed by atoms with E-state index < -0.39 is 0 Å². The fraction of sp³-hybridized carbons (Fsp3) is 1.00. The summed E-state index contributed by atoms with van der Waals surface area (Å²) >= 11 is 0. The first-order valence-electron chi connectivity index (χ1n) is 2.62. The number of aliphatic hydroxyl groups is 2. The maximum atomic E-state index is 8.15. The molecular weight excluding hydrogens is 165 g/mol. The van der Waals surface area contributed by atoms with Crippen molar-refractivity contribution in [2.24, 2.45) is 0 Å². The van der Waals surface area contributed by atoms with Gasteiger partial charge in [0.15, 0.2) is 0 Å². The molecule has 0 atom stereocenters. The molecule has 0 aromatic carbocycles. The number of rotatable bonds is 6. The van der Waals surface area contributed by atoms with E-state index in [1.165, 1.54) is 0 Å². The Kier molecular flexibility index (Phi) is 18.3. The summed E-state index contributed by atoms with van der Waals surface area (Å²) in [7, 11) is 0. The van der Waals surface area contributed by atoms with Crippen molar-refractivity contribution in [2.75, 3.05) is 26.4 Å². The summed E-state index contributed by atoms with van der Waals surface area (Å²) in [5.74, 6) is 0. The molecule has 6 heteroatoms. The predicted molar refractivity (Wildman–Crippen MR) is 30.3 cm³/mol. The molecular formula is C4H12KNO4. The zero-order valence-electron chi connectivity index (χ0n) is 7.04. The van der Waals surface area contributed by atoms with E-state index in [0.717, 1.165) is 0 Å². The molecule has 0 bridgehead atoms. The van der Waals surface area contributed by atoms with Gasteiger partial charge in [0, 0.05) is 0 Å². The number of nitrogens with one attached hydrogen (secondary N) is 1. The van der Waals surface area contributed by atoms with Crippen molar-refractivity contribution in [3.05, 3.63) is 0 Å². The van der Waals surface area contributed by atoms with Crippen LogP contribution in [0.25, 0.3) is 0 Å². The van der Waals surface area contributed by atoms with Gasteiger partial charge >= 0.3 is 51.4 Å². The number of hydrogen-bond acceptors (Lipinski definition) is 5. The summed E-state index contributed by atoms with van der Waals surface area (Å²) in [6.07, 6.45) is 0. The maximum Gasteiger partial charge on any atom is 1.00 e. The molecule has 0 fully saturated rings. The van der Waals surface area contributed by atoms with Gasteiger partial charge in [-0.3, -0.25) is 9.68 Å². The van der Waals surface area contributed by atoms with Crippen molar-refractivity contribution in [1.82, 2.24) is 5.64 Å². The molecule has 0 unspecified atom stereocenters. The van der Waals surface area contributed by atoms with Crippen LogP contribution < -0.4 is 57.0 Å². The fourth-order valence-corrected chi connectivity index (χ4v) is 0.216. The van der Waals surface area contributed by atoms with Crippen LogP contribution in [0, 0.1) is 0 Å². The zero-order chi connectivity index (χ0) is 6.95. The van der Waals surface area contributed by atoms with E-state index in [1.807, 2.05) is 0 Å². The van der Waals surface area contributed by atoms with E-state index >= 15 is 0 Å². The minimum Gasteiger partial charge on any atom is -1.00 e. The van der Waals surface area contributed by atoms with Gasteiger partial charge in [-0.2, -0.15) is 0 Å². The Bertz CT molecular complexity index is 55.4. The number of aliphatic hydroxyl groups excluding tert-OH is 2. The van der Waals surface area contributed by atoms with Gasteiger partial charge in [-0.1, -0.05) is 5.64 Å². The molecule has 10 heavy (non-hydrogen) atoms. The minimum absolute atomic E-state index is 0. The molecule has 0 aromatic rings. The second-order valence-electron chi connectivity index (χ2n) is 1.23. The molecule has 5 nitrogen and oxygen atoms in total. The summed E-state index contributed by atoms with van der Waals surface area (Å²) in [4.78, 5) is 8.90. The SMILES string of the molecule is OCCONOCCO.[H-].[K+]. The first-order valence-corrected chi connectivity index (χ1v) is 2.62. The van der Waals surface area contributed by atoms with Gasteiger partial charge in [0.05, 0.1) is 26.4 Å². The number of hydrogen-bond donors (Lipinski definition) is 3. The van der Waals surface area contributed by atoms with Crippen LogP contribution in [0.2, 0.25) is 0 Å². The topological polar surface area (TPSA) is 71.0 Å². The van der Waals surface area contributed by atoms with Crippen molar-refractivity contribution >= 4 is 0 Å². The van der Waals surface area contributed by atoms with Crippen molar-refractivity contribution in [1.29, 1.82) is 0 Å². The average Bonchev–Trinajstić information content (AvgIpc) is 1.89. The Morgan fingerprint density at radius 3 is 1.80 bits per heavy atom. The molecule has 0 aliphatic heterocycles. The molecule has 0 saturated heterocycles. The summed E-state index contributed by atoms with van der Waals surface area (Å²) in [6.45, 7) is 0.224. The van der Waals surface area contributed by atoms with E-state index in [-0.39, 0.29) is 79.2 Å². The monoisotopic (exact) mass is 177 g/mol. The fourth-order valence-electron chi connectivity index (χ4n) is 0.216. The van der Waals surface area contributed by atoms with Crippen LogP contribution >= 0.6 is 0 Å². The van der Waals surface area contributed by atoms with Gasteiger partial charge < -0.3 is 11.6 Å². The predicted octanol–water partition coefficient (Wildman–Crippen LogP) is -4.46. The van der Waals surface area contributed by atoms with E-state index in [2.05, 4.69) is 15.3 Å².